The number of nitrogens with zero attached hydrogens (tertiary/aromatic N) is 3. The van der Waals surface area contributed by atoms with Gasteiger partial charge in [0.05, 0.1) is 6.04 Å². The van der Waals surface area contributed by atoms with E-state index in [9.17, 15) is 9.59 Å². The van der Waals surface area contributed by atoms with Crippen LogP contribution in [0.5, 0.6) is 0 Å². The van der Waals surface area contributed by atoms with Crippen molar-refractivity contribution in [2.24, 2.45) is 0 Å². The van der Waals surface area contributed by atoms with Crippen LogP contribution in [-0.4, -0.2) is 77.9 Å². The fourth-order valence-electron chi connectivity index (χ4n) is 5.02. The van der Waals surface area contributed by atoms with Crippen molar-refractivity contribution < 1.29 is 9.59 Å². The molecule has 6 heteroatoms. The number of piperidine rings is 1. The van der Waals surface area contributed by atoms with Crippen LogP contribution >= 0.6 is 0 Å². The normalized spacial score (nSPS) is 19.0. The Balaban J connectivity index is 1.15. The molecule has 0 aromatic heterocycles. The first-order chi connectivity index (χ1) is 16.6. The van der Waals surface area contributed by atoms with Crippen molar-refractivity contribution in [1.82, 2.24) is 20.0 Å². The van der Waals surface area contributed by atoms with Crippen molar-refractivity contribution in [2.75, 3.05) is 39.3 Å². The molecule has 6 nitrogen and oxygen atoms in total. The largest absolute Gasteiger partial charge is 0.353 e. The van der Waals surface area contributed by atoms with E-state index in [1.54, 1.807) is 0 Å². The summed E-state index contributed by atoms with van der Waals surface area (Å²) in [6, 6.07) is 20.8. The van der Waals surface area contributed by atoms with Gasteiger partial charge in [0, 0.05) is 58.3 Å². The molecule has 34 heavy (non-hydrogen) atoms. The highest BCUT2D eigenvalue weighted by Gasteiger charge is 2.31. The molecule has 2 fully saturated rings. The van der Waals surface area contributed by atoms with E-state index < -0.39 is 0 Å². The predicted octanol–water partition coefficient (Wildman–Crippen LogP) is 2.93. The number of amides is 2. The molecule has 1 atom stereocenters. The molecule has 0 aliphatic carbocycles. The number of carbonyl (C=O) groups excluding carboxylic acids is 2. The lowest BCUT2D eigenvalue weighted by Gasteiger charge is -2.40. The smallest absolute Gasteiger partial charge is 0.239 e. The van der Waals surface area contributed by atoms with E-state index in [2.05, 4.69) is 51.5 Å². The lowest BCUT2D eigenvalue weighted by Crippen LogP contribution is -2.56. The van der Waals surface area contributed by atoms with Gasteiger partial charge in [-0.3, -0.25) is 19.4 Å². The van der Waals surface area contributed by atoms with Gasteiger partial charge in [0.25, 0.3) is 0 Å². The van der Waals surface area contributed by atoms with Crippen molar-refractivity contribution >= 4 is 11.8 Å². The fraction of sp³-hybridized carbons (Fsp3) is 0.500. The summed E-state index contributed by atoms with van der Waals surface area (Å²) in [6.45, 7) is 8.12. The third-order valence-corrected chi connectivity index (χ3v) is 7.22. The Morgan fingerprint density at radius 1 is 0.853 bits per heavy atom. The van der Waals surface area contributed by atoms with Crippen LogP contribution in [0.3, 0.4) is 0 Å². The molecule has 2 saturated heterocycles. The Morgan fingerprint density at radius 2 is 1.44 bits per heavy atom. The fourth-order valence-corrected chi connectivity index (χ4v) is 5.02. The van der Waals surface area contributed by atoms with Crippen LogP contribution in [0, 0.1) is 0 Å². The summed E-state index contributed by atoms with van der Waals surface area (Å²) in [5.74, 6) is 0.365. The summed E-state index contributed by atoms with van der Waals surface area (Å²) in [4.78, 5) is 32.2. The van der Waals surface area contributed by atoms with E-state index in [0.29, 0.717) is 6.42 Å². The molecular formula is C28H38N4O2. The van der Waals surface area contributed by atoms with Gasteiger partial charge < -0.3 is 10.2 Å². The van der Waals surface area contributed by atoms with E-state index in [-0.39, 0.29) is 23.9 Å². The lowest BCUT2D eigenvalue weighted by molar-refractivity contribution is -0.139. The Labute approximate surface area is 203 Å². The number of hydrogen-bond acceptors (Lipinski definition) is 4. The number of aryl methyl sites for hydroxylation is 1. The molecule has 2 aliphatic rings. The molecule has 2 aromatic rings. The van der Waals surface area contributed by atoms with Crippen LogP contribution in [0.2, 0.25) is 0 Å². The third kappa shape index (κ3) is 6.90. The number of nitrogens with one attached hydrogen (secondary N) is 1. The van der Waals surface area contributed by atoms with Gasteiger partial charge in [-0.15, -0.1) is 0 Å². The van der Waals surface area contributed by atoms with Gasteiger partial charge in [-0.2, -0.15) is 0 Å². The topological polar surface area (TPSA) is 55.9 Å². The second-order valence-electron chi connectivity index (χ2n) is 9.63. The summed E-state index contributed by atoms with van der Waals surface area (Å²) in [6.07, 6.45) is 3.10. The van der Waals surface area contributed by atoms with Crippen molar-refractivity contribution in [3.8, 4) is 0 Å². The summed E-state index contributed by atoms with van der Waals surface area (Å²) in [5.41, 5.74) is 2.52. The van der Waals surface area contributed by atoms with Crippen molar-refractivity contribution in [3.05, 3.63) is 71.8 Å². The number of rotatable bonds is 8. The molecule has 0 bridgehead atoms. The van der Waals surface area contributed by atoms with Crippen LogP contribution in [0.15, 0.2) is 60.7 Å². The number of likely N-dealkylation sites (tertiary alicyclic amines) is 1. The van der Waals surface area contributed by atoms with Gasteiger partial charge in [-0.05, 0) is 37.3 Å². The molecule has 1 N–H and O–H groups in total. The Hall–Kier alpha value is -2.70. The van der Waals surface area contributed by atoms with Crippen molar-refractivity contribution in [1.29, 1.82) is 0 Å². The minimum Gasteiger partial charge on any atom is -0.353 e. The zero-order chi connectivity index (χ0) is 23.8. The summed E-state index contributed by atoms with van der Waals surface area (Å²) >= 11 is 0. The molecule has 4 rings (SSSR count). The molecule has 0 radical (unpaired) electrons. The van der Waals surface area contributed by atoms with Crippen molar-refractivity contribution in [3.63, 3.8) is 0 Å². The first kappa shape index (κ1) is 24.4. The Morgan fingerprint density at radius 3 is 2.06 bits per heavy atom. The molecule has 2 aromatic carbocycles. The second kappa shape index (κ2) is 12.1. The van der Waals surface area contributed by atoms with Gasteiger partial charge >= 0.3 is 0 Å². The van der Waals surface area contributed by atoms with Crippen molar-refractivity contribution in [2.45, 2.75) is 51.2 Å². The minimum absolute atomic E-state index is 0.101. The van der Waals surface area contributed by atoms with Crippen LogP contribution in [0.1, 0.15) is 37.3 Å². The molecule has 2 amide bonds. The first-order valence-corrected chi connectivity index (χ1v) is 12.7. The molecule has 2 aliphatic heterocycles. The number of piperazine rings is 1. The zero-order valence-electron chi connectivity index (χ0n) is 20.4. The van der Waals surface area contributed by atoms with Crippen LogP contribution < -0.4 is 5.32 Å². The highest BCUT2D eigenvalue weighted by Crippen LogP contribution is 2.17. The zero-order valence-corrected chi connectivity index (χ0v) is 20.4. The Bertz CT molecular complexity index is 905. The Kier molecular flexibility index (Phi) is 8.72. The maximum atomic E-state index is 13.1. The predicted molar refractivity (Wildman–Crippen MR) is 135 cm³/mol. The van der Waals surface area contributed by atoms with E-state index in [0.717, 1.165) is 65.1 Å². The quantitative estimate of drug-likeness (QED) is 0.656. The number of hydrogen-bond donors (Lipinski definition) is 1. The average molecular weight is 463 g/mol. The molecule has 2 heterocycles. The second-order valence-corrected chi connectivity index (χ2v) is 9.63. The summed E-state index contributed by atoms with van der Waals surface area (Å²) < 4.78 is 0. The molecular weight excluding hydrogens is 424 g/mol. The highest BCUT2D eigenvalue weighted by molar-refractivity contribution is 5.81. The maximum Gasteiger partial charge on any atom is 0.239 e. The van der Waals surface area contributed by atoms with E-state index in [4.69, 9.17) is 0 Å². The van der Waals surface area contributed by atoms with E-state index in [1.165, 1.54) is 11.1 Å². The monoisotopic (exact) mass is 462 g/mol. The summed E-state index contributed by atoms with van der Waals surface area (Å²) in [5, 5.41) is 3.20. The average Bonchev–Trinajstić information content (AvgIpc) is 2.89. The van der Waals surface area contributed by atoms with Gasteiger partial charge in [0.15, 0.2) is 0 Å². The molecule has 0 saturated carbocycles. The van der Waals surface area contributed by atoms with Gasteiger partial charge in [0.2, 0.25) is 11.8 Å². The standard InChI is InChI=1S/C28H38N4O2/c1-23(28(34)32-20-18-30(19-21-32)22-25-10-6-3-7-11-25)31-16-14-26(15-17-31)29-27(33)13-12-24-8-4-2-5-9-24/h2-11,23,26H,12-22H2,1H3,(H,29,33). The maximum absolute atomic E-state index is 13.1. The van der Waals surface area contributed by atoms with Crippen LogP contribution in [-0.2, 0) is 22.6 Å². The van der Waals surface area contributed by atoms with Gasteiger partial charge in [0.1, 0.15) is 0 Å². The van der Waals surface area contributed by atoms with Gasteiger partial charge in [-0.1, -0.05) is 60.7 Å². The first-order valence-electron chi connectivity index (χ1n) is 12.7. The third-order valence-electron chi connectivity index (χ3n) is 7.22. The molecule has 1 unspecified atom stereocenters. The number of benzene rings is 2. The molecule has 182 valence electrons. The molecule has 0 spiro atoms. The van der Waals surface area contributed by atoms with Crippen LogP contribution in [0.4, 0.5) is 0 Å². The number of carbonyl (C=O) groups is 2. The van der Waals surface area contributed by atoms with E-state index >= 15 is 0 Å². The SMILES string of the molecule is CC(C(=O)N1CCN(Cc2ccccc2)CC1)N1CCC(NC(=O)CCc2ccccc2)CC1. The minimum atomic E-state index is -0.101. The summed E-state index contributed by atoms with van der Waals surface area (Å²) in [7, 11) is 0. The van der Waals surface area contributed by atoms with Crippen LogP contribution in [0.25, 0.3) is 0 Å². The lowest BCUT2D eigenvalue weighted by atomic mass is 10.0. The highest BCUT2D eigenvalue weighted by atomic mass is 16.2. The van der Waals surface area contributed by atoms with Gasteiger partial charge in [-0.25, -0.2) is 0 Å². The van der Waals surface area contributed by atoms with E-state index in [1.807, 2.05) is 36.1 Å².